The third-order valence-electron chi connectivity index (χ3n) is 3.89. The van der Waals surface area contributed by atoms with E-state index >= 15 is 0 Å². The SMILES string of the molecule is CC1(C)OB([C@@H](N)c2ccc(Cl)c(Br)c2)OC1(C)C. The highest BCUT2D eigenvalue weighted by atomic mass is 79.9. The second kappa shape index (κ2) is 5.04. The van der Waals surface area contributed by atoms with Crippen LogP contribution in [0.15, 0.2) is 22.7 Å². The topological polar surface area (TPSA) is 44.5 Å². The molecule has 0 amide bonds. The molecule has 1 aromatic carbocycles. The Bertz CT molecular complexity index is 480. The third kappa shape index (κ3) is 2.86. The minimum Gasteiger partial charge on any atom is -0.402 e. The van der Waals surface area contributed by atoms with Crippen molar-refractivity contribution in [2.24, 2.45) is 5.73 Å². The molecule has 1 saturated heterocycles. The van der Waals surface area contributed by atoms with Crippen LogP contribution in [0.2, 0.25) is 5.02 Å². The Balaban J connectivity index is 2.22. The summed E-state index contributed by atoms with van der Waals surface area (Å²) < 4.78 is 12.7. The Hall–Kier alpha value is -0.0651. The number of hydrogen-bond acceptors (Lipinski definition) is 3. The van der Waals surface area contributed by atoms with Gasteiger partial charge in [-0.15, -0.1) is 0 Å². The summed E-state index contributed by atoms with van der Waals surface area (Å²) in [6.07, 6.45) is 0. The standard InChI is InChI=1S/C13H18BBrClNO2/c1-12(2)13(3,4)19-14(18-12)11(17)8-5-6-10(16)9(15)7-8/h5-7,11H,17H2,1-4H3/t11-/m0/s1. The average molecular weight is 346 g/mol. The average Bonchev–Trinajstić information content (AvgIpc) is 2.51. The summed E-state index contributed by atoms with van der Waals surface area (Å²) in [5.74, 6) is -0.352. The molecule has 1 aromatic rings. The van der Waals surface area contributed by atoms with E-state index in [4.69, 9.17) is 26.6 Å². The smallest absolute Gasteiger partial charge is 0.402 e. The number of rotatable bonds is 2. The molecule has 0 saturated carbocycles. The van der Waals surface area contributed by atoms with Gasteiger partial charge in [-0.05, 0) is 61.3 Å². The zero-order chi connectivity index (χ0) is 14.4. The highest BCUT2D eigenvalue weighted by molar-refractivity contribution is 9.10. The van der Waals surface area contributed by atoms with Gasteiger partial charge in [0.25, 0.3) is 0 Å². The summed E-state index contributed by atoms with van der Waals surface area (Å²) in [5.41, 5.74) is 6.42. The van der Waals surface area contributed by atoms with Crippen LogP contribution in [0, 0.1) is 0 Å². The van der Waals surface area contributed by atoms with E-state index < -0.39 is 7.12 Å². The molecule has 19 heavy (non-hydrogen) atoms. The Morgan fingerprint density at radius 3 is 2.21 bits per heavy atom. The summed E-state index contributed by atoms with van der Waals surface area (Å²) in [5, 5.41) is 0.657. The van der Waals surface area contributed by atoms with Crippen LogP contribution in [0.4, 0.5) is 0 Å². The van der Waals surface area contributed by atoms with Crippen molar-refractivity contribution in [3.8, 4) is 0 Å². The number of nitrogens with two attached hydrogens (primary N) is 1. The molecule has 0 bridgehead atoms. The molecule has 0 aromatic heterocycles. The quantitative estimate of drug-likeness (QED) is 0.830. The van der Waals surface area contributed by atoms with Crippen LogP contribution in [0.1, 0.15) is 39.2 Å². The van der Waals surface area contributed by atoms with Crippen LogP contribution in [0.25, 0.3) is 0 Å². The molecule has 0 spiro atoms. The first-order valence-electron chi connectivity index (χ1n) is 6.20. The number of hydrogen-bond donors (Lipinski definition) is 1. The summed E-state index contributed by atoms with van der Waals surface area (Å²) >= 11 is 9.38. The molecule has 6 heteroatoms. The molecule has 1 atom stereocenters. The van der Waals surface area contributed by atoms with E-state index in [2.05, 4.69) is 15.9 Å². The van der Waals surface area contributed by atoms with E-state index in [1.165, 1.54) is 0 Å². The molecule has 0 radical (unpaired) electrons. The molecular weight excluding hydrogens is 328 g/mol. The van der Waals surface area contributed by atoms with E-state index in [0.29, 0.717) is 5.02 Å². The number of halogens is 2. The van der Waals surface area contributed by atoms with Gasteiger partial charge in [-0.25, -0.2) is 0 Å². The van der Waals surface area contributed by atoms with E-state index in [9.17, 15) is 0 Å². The Kier molecular flexibility index (Phi) is 4.07. The van der Waals surface area contributed by atoms with Gasteiger partial charge in [0.2, 0.25) is 0 Å². The summed E-state index contributed by atoms with van der Waals surface area (Å²) in [6.45, 7) is 8.05. The van der Waals surface area contributed by atoms with Gasteiger partial charge in [-0.2, -0.15) is 0 Å². The van der Waals surface area contributed by atoms with Crippen LogP contribution in [-0.4, -0.2) is 18.3 Å². The van der Waals surface area contributed by atoms with Crippen molar-refractivity contribution in [3.63, 3.8) is 0 Å². The van der Waals surface area contributed by atoms with Crippen molar-refractivity contribution in [1.82, 2.24) is 0 Å². The lowest BCUT2D eigenvalue weighted by Gasteiger charge is -2.32. The molecule has 1 aliphatic rings. The summed E-state index contributed by atoms with van der Waals surface area (Å²) in [6, 6.07) is 5.60. The third-order valence-corrected chi connectivity index (χ3v) is 5.11. The molecule has 3 nitrogen and oxygen atoms in total. The molecule has 0 unspecified atom stereocenters. The van der Waals surface area contributed by atoms with Crippen molar-refractivity contribution in [2.75, 3.05) is 0 Å². The van der Waals surface area contributed by atoms with E-state index in [0.717, 1.165) is 10.0 Å². The minimum absolute atomic E-state index is 0.352. The first kappa shape index (κ1) is 15.3. The van der Waals surface area contributed by atoms with Gasteiger partial charge >= 0.3 is 7.12 Å². The lowest BCUT2D eigenvalue weighted by Crippen LogP contribution is -2.41. The highest BCUT2D eigenvalue weighted by Crippen LogP contribution is 2.40. The van der Waals surface area contributed by atoms with Gasteiger partial charge in [0.15, 0.2) is 0 Å². The van der Waals surface area contributed by atoms with Gasteiger partial charge in [0.1, 0.15) is 0 Å². The maximum Gasteiger partial charge on any atom is 0.480 e. The predicted molar refractivity (Wildman–Crippen MR) is 82.2 cm³/mol. The molecule has 1 heterocycles. The maximum atomic E-state index is 6.25. The normalized spacial score (nSPS) is 22.6. The predicted octanol–water partition coefficient (Wildman–Crippen LogP) is 3.73. The van der Waals surface area contributed by atoms with E-state index in [1.54, 1.807) is 0 Å². The molecule has 1 fully saturated rings. The van der Waals surface area contributed by atoms with Crippen LogP contribution in [0.5, 0.6) is 0 Å². The Morgan fingerprint density at radius 2 is 1.74 bits per heavy atom. The second-order valence-electron chi connectivity index (χ2n) is 5.82. The van der Waals surface area contributed by atoms with Crippen molar-refractivity contribution in [3.05, 3.63) is 33.3 Å². The zero-order valence-corrected chi connectivity index (χ0v) is 13.9. The van der Waals surface area contributed by atoms with Crippen molar-refractivity contribution in [2.45, 2.75) is 44.8 Å². The van der Waals surface area contributed by atoms with Crippen molar-refractivity contribution in [1.29, 1.82) is 0 Å². The maximum absolute atomic E-state index is 6.25. The minimum atomic E-state index is -0.460. The molecule has 0 aliphatic carbocycles. The fourth-order valence-electron chi connectivity index (χ4n) is 1.91. The van der Waals surface area contributed by atoms with Crippen molar-refractivity contribution < 1.29 is 9.31 Å². The Labute approximate surface area is 128 Å². The first-order chi connectivity index (χ1) is 8.64. The lowest BCUT2D eigenvalue weighted by molar-refractivity contribution is 0.00578. The number of benzene rings is 1. The summed E-state index contributed by atoms with van der Waals surface area (Å²) in [4.78, 5) is 0. The monoisotopic (exact) mass is 345 g/mol. The molecule has 1 aliphatic heterocycles. The largest absolute Gasteiger partial charge is 0.480 e. The molecule has 104 valence electrons. The molecular formula is C13H18BBrClNO2. The second-order valence-corrected chi connectivity index (χ2v) is 7.09. The fourth-order valence-corrected chi connectivity index (χ4v) is 2.43. The van der Waals surface area contributed by atoms with Gasteiger partial charge in [-0.1, -0.05) is 17.7 Å². The highest BCUT2D eigenvalue weighted by Gasteiger charge is 2.53. The summed E-state index contributed by atoms with van der Waals surface area (Å²) in [7, 11) is -0.460. The van der Waals surface area contributed by atoms with Gasteiger partial charge < -0.3 is 15.0 Å². The van der Waals surface area contributed by atoms with Crippen LogP contribution in [0.3, 0.4) is 0 Å². The van der Waals surface area contributed by atoms with Gasteiger partial charge in [0, 0.05) is 4.47 Å². The van der Waals surface area contributed by atoms with Crippen LogP contribution in [-0.2, 0) is 9.31 Å². The lowest BCUT2D eigenvalue weighted by atomic mass is 9.75. The molecule has 2 N–H and O–H groups in total. The molecule has 2 rings (SSSR count). The first-order valence-corrected chi connectivity index (χ1v) is 7.37. The van der Waals surface area contributed by atoms with Gasteiger partial charge in [-0.3, -0.25) is 0 Å². The van der Waals surface area contributed by atoms with E-state index in [1.807, 2.05) is 45.9 Å². The Morgan fingerprint density at radius 1 is 1.21 bits per heavy atom. The van der Waals surface area contributed by atoms with Gasteiger partial charge in [0.05, 0.1) is 22.2 Å². The van der Waals surface area contributed by atoms with Crippen molar-refractivity contribution >= 4 is 34.6 Å². The van der Waals surface area contributed by atoms with Crippen LogP contribution >= 0.6 is 27.5 Å². The van der Waals surface area contributed by atoms with Crippen LogP contribution < -0.4 is 5.73 Å². The zero-order valence-electron chi connectivity index (χ0n) is 11.5. The fraction of sp³-hybridized carbons (Fsp3) is 0.538. The van der Waals surface area contributed by atoms with E-state index in [-0.39, 0.29) is 17.1 Å².